The Morgan fingerprint density at radius 2 is 1.81 bits per heavy atom. The number of amides is 1. The highest BCUT2D eigenvalue weighted by Gasteiger charge is 2.18. The number of hydrogen-bond acceptors (Lipinski definition) is 5. The molecule has 1 atom stereocenters. The molecule has 2 heterocycles. The van der Waals surface area contributed by atoms with Crippen molar-refractivity contribution < 1.29 is 9.53 Å². The molecule has 0 radical (unpaired) electrons. The van der Waals surface area contributed by atoms with Crippen LogP contribution in [0.1, 0.15) is 28.5 Å². The molecule has 2 aromatic carbocycles. The first-order valence-electron chi connectivity index (χ1n) is 10.7. The summed E-state index contributed by atoms with van der Waals surface area (Å²) >= 11 is 1.61. The minimum absolute atomic E-state index is 0.0434. The summed E-state index contributed by atoms with van der Waals surface area (Å²) < 4.78 is 5.42. The number of hydrogen-bond donors (Lipinski definition) is 1. The van der Waals surface area contributed by atoms with Crippen molar-refractivity contribution in [1.82, 2.24) is 15.2 Å². The van der Waals surface area contributed by atoms with E-state index in [2.05, 4.69) is 59.4 Å². The van der Waals surface area contributed by atoms with Crippen LogP contribution in [0.15, 0.2) is 48.0 Å². The van der Waals surface area contributed by atoms with E-state index in [-0.39, 0.29) is 11.9 Å². The highest BCUT2D eigenvalue weighted by atomic mass is 32.1. The Kier molecular flexibility index (Phi) is 6.80. The smallest absolute Gasteiger partial charge is 0.251 e. The van der Waals surface area contributed by atoms with Crippen LogP contribution >= 0.6 is 11.3 Å². The van der Waals surface area contributed by atoms with Gasteiger partial charge in [0.25, 0.3) is 5.91 Å². The van der Waals surface area contributed by atoms with E-state index in [1.807, 2.05) is 24.6 Å². The van der Waals surface area contributed by atoms with E-state index in [1.54, 1.807) is 11.3 Å². The predicted molar refractivity (Wildman–Crippen MR) is 127 cm³/mol. The Morgan fingerprint density at radius 3 is 2.48 bits per heavy atom. The zero-order valence-electron chi connectivity index (χ0n) is 18.4. The maximum Gasteiger partial charge on any atom is 0.251 e. The molecule has 0 spiro atoms. The molecule has 1 aliphatic heterocycles. The van der Waals surface area contributed by atoms with Gasteiger partial charge in [-0.05, 0) is 55.7 Å². The maximum absolute atomic E-state index is 13.2. The van der Waals surface area contributed by atoms with Gasteiger partial charge in [0.15, 0.2) is 0 Å². The monoisotopic (exact) mass is 435 g/mol. The number of aryl methyl sites for hydroxylation is 2. The Morgan fingerprint density at radius 1 is 1.10 bits per heavy atom. The number of carbonyl (C=O) groups is 1. The largest absolute Gasteiger partial charge is 0.379 e. The molecule has 3 aromatic rings. The first-order valence-corrected chi connectivity index (χ1v) is 11.6. The summed E-state index contributed by atoms with van der Waals surface area (Å²) in [5, 5.41) is 3.18. The third-order valence-corrected chi connectivity index (χ3v) is 6.58. The van der Waals surface area contributed by atoms with Crippen LogP contribution in [-0.4, -0.2) is 54.7 Å². The molecule has 0 aliphatic carbocycles. The van der Waals surface area contributed by atoms with Crippen LogP contribution in [0.25, 0.3) is 21.6 Å². The van der Waals surface area contributed by atoms with Gasteiger partial charge in [0.2, 0.25) is 0 Å². The number of nitrogens with one attached hydrogen (secondary N) is 1. The van der Waals surface area contributed by atoms with E-state index in [0.717, 1.165) is 60.1 Å². The number of morpholine rings is 1. The number of thiazole rings is 1. The molecule has 6 heteroatoms. The fraction of sp³-hybridized carbons (Fsp3) is 0.360. The molecule has 1 amide bonds. The Hall–Kier alpha value is -2.54. The van der Waals surface area contributed by atoms with Crippen molar-refractivity contribution in [1.29, 1.82) is 0 Å². The molecular weight excluding hydrogens is 406 g/mol. The van der Waals surface area contributed by atoms with Gasteiger partial charge in [0, 0.05) is 31.2 Å². The molecule has 0 saturated carbocycles. The molecule has 1 aromatic heterocycles. The van der Waals surface area contributed by atoms with E-state index >= 15 is 0 Å². The van der Waals surface area contributed by atoms with E-state index in [0.29, 0.717) is 5.56 Å². The third kappa shape index (κ3) is 5.39. The van der Waals surface area contributed by atoms with Gasteiger partial charge in [-0.25, -0.2) is 4.98 Å². The van der Waals surface area contributed by atoms with Crippen molar-refractivity contribution in [3.63, 3.8) is 0 Å². The Bertz CT molecular complexity index is 1040. The minimum atomic E-state index is -0.0434. The molecule has 162 valence electrons. The van der Waals surface area contributed by atoms with Crippen LogP contribution in [0.2, 0.25) is 0 Å². The summed E-state index contributed by atoms with van der Waals surface area (Å²) in [4.78, 5) is 21.0. The van der Waals surface area contributed by atoms with Gasteiger partial charge in [0.05, 0.1) is 29.3 Å². The van der Waals surface area contributed by atoms with E-state index in [1.165, 1.54) is 5.56 Å². The molecular formula is C25H29N3O2S. The molecule has 0 bridgehead atoms. The lowest BCUT2D eigenvalue weighted by atomic mass is 9.97. The Labute approximate surface area is 188 Å². The van der Waals surface area contributed by atoms with Crippen molar-refractivity contribution in [2.45, 2.75) is 26.8 Å². The second kappa shape index (κ2) is 9.73. The number of carbonyl (C=O) groups excluding carboxylic acids is 1. The van der Waals surface area contributed by atoms with Gasteiger partial charge < -0.3 is 10.1 Å². The minimum Gasteiger partial charge on any atom is -0.379 e. The average molecular weight is 436 g/mol. The van der Waals surface area contributed by atoms with Crippen molar-refractivity contribution in [2.75, 3.05) is 32.8 Å². The van der Waals surface area contributed by atoms with E-state index in [9.17, 15) is 4.79 Å². The van der Waals surface area contributed by atoms with Crippen LogP contribution in [0.3, 0.4) is 0 Å². The number of nitrogens with zero attached hydrogens (tertiary/aromatic N) is 2. The third-order valence-electron chi connectivity index (χ3n) is 5.60. The molecule has 1 saturated heterocycles. The second-order valence-electron chi connectivity index (χ2n) is 8.22. The quantitative estimate of drug-likeness (QED) is 0.617. The number of ether oxygens (including phenoxy) is 1. The van der Waals surface area contributed by atoms with Gasteiger partial charge in [-0.1, -0.05) is 29.8 Å². The van der Waals surface area contributed by atoms with Crippen molar-refractivity contribution in [2.24, 2.45) is 0 Å². The highest BCUT2D eigenvalue weighted by molar-refractivity contribution is 7.13. The number of benzene rings is 2. The lowest BCUT2D eigenvalue weighted by Crippen LogP contribution is -2.46. The fourth-order valence-electron chi connectivity index (χ4n) is 3.91. The summed E-state index contributed by atoms with van der Waals surface area (Å²) in [6.45, 7) is 10.3. The first kappa shape index (κ1) is 21.7. The van der Waals surface area contributed by atoms with Gasteiger partial charge in [-0.2, -0.15) is 0 Å². The topological polar surface area (TPSA) is 54.5 Å². The van der Waals surface area contributed by atoms with Gasteiger partial charge in [0.1, 0.15) is 0 Å². The molecule has 31 heavy (non-hydrogen) atoms. The SMILES string of the molecule is Cc1ccc(-c2cc(C(=O)N[C@H](C)CN3CCOCC3)cc(-c3scnc3C)c2)cc1. The number of aromatic nitrogens is 1. The lowest BCUT2D eigenvalue weighted by Gasteiger charge is -2.29. The van der Waals surface area contributed by atoms with Crippen LogP contribution in [0, 0.1) is 13.8 Å². The van der Waals surface area contributed by atoms with Gasteiger partial charge >= 0.3 is 0 Å². The highest BCUT2D eigenvalue weighted by Crippen LogP contribution is 2.32. The first-order chi connectivity index (χ1) is 15.0. The molecule has 1 N–H and O–H groups in total. The van der Waals surface area contributed by atoms with Crippen LogP contribution < -0.4 is 5.32 Å². The van der Waals surface area contributed by atoms with Gasteiger partial charge in [-0.3, -0.25) is 9.69 Å². The zero-order valence-corrected chi connectivity index (χ0v) is 19.2. The normalized spacial score (nSPS) is 15.6. The summed E-state index contributed by atoms with van der Waals surface area (Å²) in [6.07, 6.45) is 0. The molecule has 1 aliphatic rings. The maximum atomic E-state index is 13.2. The standard InChI is InChI=1S/C25H29N3O2S/c1-17-4-6-20(7-5-17)21-12-22(24-19(3)26-16-31-24)14-23(13-21)25(29)27-18(2)15-28-8-10-30-11-9-28/h4-7,12-14,16,18H,8-11,15H2,1-3H3,(H,27,29)/t18-/m1/s1. The molecule has 5 nitrogen and oxygen atoms in total. The van der Waals surface area contributed by atoms with E-state index < -0.39 is 0 Å². The molecule has 0 unspecified atom stereocenters. The van der Waals surface area contributed by atoms with Crippen LogP contribution in [0.4, 0.5) is 0 Å². The second-order valence-corrected chi connectivity index (χ2v) is 9.07. The summed E-state index contributed by atoms with van der Waals surface area (Å²) in [5.41, 5.74) is 7.90. The molecule has 1 fully saturated rings. The van der Waals surface area contributed by atoms with Crippen molar-refractivity contribution in [3.05, 3.63) is 64.8 Å². The van der Waals surface area contributed by atoms with Gasteiger partial charge in [-0.15, -0.1) is 11.3 Å². The predicted octanol–water partition coefficient (Wildman–Crippen LogP) is 4.54. The van der Waals surface area contributed by atoms with Crippen molar-refractivity contribution >= 4 is 17.2 Å². The van der Waals surface area contributed by atoms with Crippen LogP contribution in [0.5, 0.6) is 0 Å². The summed E-state index contributed by atoms with van der Waals surface area (Å²) in [6, 6.07) is 14.6. The zero-order chi connectivity index (χ0) is 21.8. The fourth-order valence-corrected chi connectivity index (χ4v) is 4.70. The lowest BCUT2D eigenvalue weighted by molar-refractivity contribution is 0.0342. The summed E-state index contributed by atoms with van der Waals surface area (Å²) in [7, 11) is 0. The molecule has 4 rings (SSSR count). The number of rotatable bonds is 6. The van der Waals surface area contributed by atoms with Crippen molar-refractivity contribution in [3.8, 4) is 21.6 Å². The Balaban J connectivity index is 1.60. The summed E-state index contributed by atoms with van der Waals surface area (Å²) in [5.74, 6) is -0.0434. The average Bonchev–Trinajstić information content (AvgIpc) is 3.20. The van der Waals surface area contributed by atoms with E-state index in [4.69, 9.17) is 4.74 Å². The van der Waals surface area contributed by atoms with Crippen LogP contribution in [-0.2, 0) is 4.74 Å².